The van der Waals surface area contributed by atoms with Gasteiger partial charge >= 0.3 is 0 Å². The molecule has 174 valence electrons. The summed E-state index contributed by atoms with van der Waals surface area (Å²) in [6.45, 7) is 1.82. The van der Waals surface area contributed by atoms with Gasteiger partial charge in [-0.05, 0) is 67.6 Å². The minimum Gasteiger partial charge on any atom is -0.497 e. The number of anilines is 1. The van der Waals surface area contributed by atoms with Crippen molar-refractivity contribution in [1.82, 2.24) is 5.32 Å². The number of benzene rings is 3. The number of rotatable bonds is 10. The van der Waals surface area contributed by atoms with Crippen molar-refractivity contribution in [3.05, 3.63) is 84.2 Å². The molecule has 0 unspecified atom stereocenters. The third-order valence-corrected chi connectivity index (χ3v) is 6.55. The van der Waals surface area contributed by atoms with Crippen molar-refractivity contribution >= 4 is 21.6 Å². The molecule has 0 heterocycles. The molecule has 0 saturated heterocycles. The average molecular weight is 473 g/mol. The molecule has 7 nitrogen and oxygen atoms in total. The van der Waals surface area contributed by atoms with Crippen LogP contribution in [0.25, 0.3) is 0 Å². The van der Waals surface area contributed by atoms with Crippen molar-refractivity contribution in [2.75, 3.05) is 31.1 Å². The largest absolute Gasteiger partial charge is 0.497 e. The summed E-state index contributed by atoms with van der Waals surface area (Å²) in [4.78, 5) is 12.5. The van der Waals surface area contributed by atoms with Crippen molar-refractivity contribution in [1.29, 1.82) is 0 Å². The van der Waals surface area contributed by atoms with Crippen LogP contribution in [0.3, 0.4) is 0 Å². The van der Waals surface area contributed by atoms with E-state index in [1.54, 1.807) is 55.6 Å². The fourth-order valence-electron chi connectivity index (χ4n) is 2.98. The summed E-state index contributed by atoms with van der Waals surface area (Å²) < 4.78 is 51.4. The summed E-state index contributed by atoms with van der Waals surface area (Å²) in [5.74, 6) is 0.268. The standard InChI is InChI=1S/C24H25FN2O5S/c1-18-3-7-20(8-4-18)27(33(29,30)23-13-5-19(25)6-14-23)17-24(28)26-15-16-32-22-11-9-21(31-2)10-12-22/h3-14H,15-17H2,1-2H3,(H,26,28). The van der Waals surface area contributed by atoms with Crippen LogP contribution in [0.2, 0.25) is 0 Å². The Morgan fingerprint density at radius 1 is 0.939 bits per heavy atom. The van der Waals surface area contributed by atoms with E-state index in [1.807, 2.05) is 6.92 Å². The second-order valence-corrected chi connectivity index (χ2v) is 9.04. The number of carbonyl (C=O) groups excluding carboxylic acids is 1. The van der Waals surface area contributed by atoms with Crippen molar-refractivity contribution < 1.29 is 27.1 Å². The van der Waals surface area contributed by atoms with Crippen LogP contribution in [0.15, 0.2) is 77.7 Å². The number of nitrogens with one attached hydrogen (secondary N) is 1. The van der Waals surface area contributed by atoms with Gasteiger partial charge in [0.1, 0.15) is 30.5 Å². The number of halogens is 1. The van der Waals surface area contributed by atoms with E-state index in [0.717, 1.165) is 22.0 Å². The minimum atomic E-state index is -4.10. The summed E-state index contributed by atoms with van der Waals surface area (Å²) >= 11 is 0. The monoisotopic (exact) mass is 472 g/mol. The summed E-state index contributed by atoms with van der Waals surface area (Å²) in [6.07, 6.45) is 0. The molecule has 3 aromatic rings. The number of nitrogens with zero attached hydrogens (tertiary/aromatic N) is 1. The fraction of sp³-hybridized carbons (Fsp3) is 0.208. The van der Waals surface area contributed by atoms with Crippen LogP contribution in [0.1, 0.15) is 5.56 Å². The summed E-state index contributed by atoms with van der Waals surface area (Å²) in [5, 5.41) is 2.67. The highest BCUT2D eigenvalue weighted by Crippen LogP contribution is 2.24. The smallest absolute Gasteiger partial charge is 0.264 e. The SMILES string of the molecule is COc1ccc(OCCNC(=O)CN(c2ccc(C)cc2)S(=O)(=O)c2ccc(F)cc2)cc1. The maximum atomic E-state index is 13.3. The van der Waals surface area contributed by atoms with Gasteiger partial charge in [-0.2, -0.15) is 0 Å². The van der Waals surface area contributed by atoms with Crippen molar-refractivity contribution in [3.8, 4) is 11.5 Å². The molecule has 0 aliphatic rings. The highest BCUT2D eigenvalue weighted by atomic mass is 32.2. The Bertz CT molecular complexity index is 1160. The van der Waals surface area contributed by atoms with Crippen LogP contribution >= 0.6 is 0 Å². The van der Waals surface area contributed by atoms with E-state index >= 15 is 0 Å². The molecule has 9 heteroatoms. The first kappa shape index (κ1) is 24.1. The van der Waals surface area contributed by atoms with Gasteiger partial charge < -0.3 is 14.8 Å². The lowest BCUT2D eigenvalue weighted by Gasteiger charge is -2.24. The molecule has 0 aromatic heterocycles. The maximum absolute atomic E-state index is 13.3. The molecule has 0 saturated carbocycles. The lowest BCUT2D eigenvalue weighted by Crippen LogP contribution is -2.41. The lowest BCUT2D eigenvalue weighted by atomic mass is 10.2. The first-order chi connectivity index (χ1) is 15.8. The zero-order chi connectivity index (χ0) is 23.8. The number of carbonyl (C=O) groups is 1. The highest BCUT2D eigenvalue weighted by molar-refractivity contribution is 7.92. The molecule has 0 aliphatic heterocycles. The van der Waals surface area contributed by atoms with Crippen molar-refractivity contribution in [2.45, 2.75) is 11.8 Å². The van der Waals surface area contributed by atoms with E-state index in [0.29, 0.717) is 17.2 Å². The van der Waals surface area contributed by atoms with Gasteiger partial charge in [-0.3, -0.25) is 9.10 Å². The molecule has 1 N–H and O–H groups in total. The van der Waals surface area contributed by atoms with Gasteiger partial charge in [0.25, 0.3) is 10.0 Å². The Morgan fingerprint density at radius 2 is 1.55 bits per heavy atom. The Labute approximate surface area is 192 Å². The number of sulfonamides is 1. The van der Waals surface area contributed by atoms with Crippen LogP contribution in [0, 0.1) is 12.7 Å². The van der Waals surface area contributed by atoms with Gasteiger partial charge in [0.05, 0.1) is 24.2 Å². The Balaban J connectivity index is 1.67. The second kappa shape index (κ2) is 10.8. The molecule has 0 bridgehead atoms. The van der Waals surface area contributed by atoms with E-state index in [1.165, 1.54) is 12.1 Å². The van der Waals surface area contributed by atoms with Crippen LogP contribution in [0.4, 0.5) is 10.1 Å². The third kappa shape index (κ3) is 6.45. The van der Waals surface area contributed by atoms with E-state index < -0.39 is 28.3 Å². The van der Waals surface area contributed by atoms with Crippen molar-refractivity contribution in [3.63, 3.8) is 0 Å². The van der Waals surface area contributed by atoms with Gasteiger partial charge in [0.15, 0.2) is 0 Å². The zero-order valence-corrected chi connectivity index (χ0v) is 19.1. The molecular weight excluding hydrogens is 447 g/mol. The van der Waals surface area contributed by atoms with Crippen LogP contribution in [-0.2, 0) is 14.8 Å². The molecule has 3 aromatic carbocycles. The minimum absolute atomic E-state index is 0.111. The van der Waals surface area contributed by atoms with E-state index in [4.69, 9.17) is 9.47 Å². The molecule has 0 spiro atoms. The van der Waals surface area contributed by atoms with Gasteiger partial charge in [-0.1, -0.05) is 17.7 Å². The zero-order valence-electron chi connectivity index (χ0n) is 18.3. The Kier molecular flexibility index (Phi) is 7.89. The van der Waals surface area contributed by atoms with Crippen LogP contribution in [0.5, 0.6) is 11.5 Å². The van der Waals surface area contributed by atoms with Gasteiger partial charge in [-0.15, -0.1) is 0 Å². The molecule has 0 radical (unpaired) electrons. The average Bonchev–Trinajstić information content (AvgIpc) is 2.81. The fourth-order valence-corrected chi connectivity index (χ4v) is 4.40. The van der Waals surface area contributed by atoms with Gasteiger partial charge in [0, 0.05) is 0 Å². The maximum Gasteiger partial charge on any atom is 0.264 e. The van der Waals surface area contributed by atoms with Gasteiger partial charge in [0.2, 0.25) is 5.91 Å². The summed E-state index contributed by atoms with van der Waals surface area (Å²) in [7, 11) is -2.53. The third-order valence-electron chi connectivity index (χ3n) is 4.76. The molecule has 1 amide bonds. The number of hydrogen-bond donors (Lipinski definition) is 1. The number of methoxy groups -OCH3 is 1. The molecular formula is C24H25FN2O5S. The predicted octanol–water partition coefficient (Wildman–Crippen LogP) is 3.53. The van der Waals surface area contributed by atoms with E-state index in [-0.39, 0.29) is 18.0 Å². The van der Waals surface area contributed by atoms with E-state index in [2.05, 4.69) is 5.32 Å². The normalized spacial score (nSPS) is 11.0. The molecule has 0 aliphatic carbocycles. The summed E-state index contributed by atoms with van der Waals surface area (Å²) in [6, 6.07) is 18.2. The molecule has 3 rings (SSSR count). The highest BCUT2D eigenvalue weighted by Gasteiger charge is 2.27. The molecule has 33 heavy (non-hydrogen) atoms. The van der Waals surface area contributed by atoms with Crippen LogP contribution in [-0.4, -0.2) is 41.1 Å². The second-order valence-electron chi connectivity index (χ2n) is 7.18. The van der Waals surface area contributed by atoms with Crippen molar-refractivity contribution in [2.24, 2.45) is 0 Å². The number of aryl methyl sites for hydroxylation is 1. The van der Waals surface area contributed by atoms with Crippen LogP contribution < -0.4 is 19.1 Å². The topological polar surface area (TPSA) is 84.9 Å². The van der Waals surface area contributed by atoms with E-state index in [9.17, 15) is 17.6 Å². The lowest BCUT2D eigenvalue weighted by molar-refractivity contribution is -0.119. The first-order valence-corrected chi connectivity index (χ1v) is 11.6. The summed E-state index contributed by atoms with van der Waals surface area (Å²) in [5.41, 5.74) is 1.27. The van der Waals surface area contributed by atoms with Gasteiger partial charge in [-0.25, -0.2) is 12.8 Å². The molecule has 0 atom stereocenters. The predicted molar refractivity (Wildman–Crippen MR) is 124 cm³/mol. The first-order valence-electron chi connectivity index (χ1n) is 10.2. The number of hydrogen-bond acceptors (Lipinski definition) is 5. The number of amides is 1. The number of ether oxygens (including phenoxy) is 2. The quantitative estimate of drug-likeness (QED) is 0.457. The Morgan fingerprint density at radius 3 is 2.15 bits per heavy atom. The molecule has 0 fully saturated rings. The Hall–Kier alpha value is -3.59.